The van der Waals surface area contributed by atoms with Crippen LogP contribution < -0.4 is 5.73 Å². The van der Waals surface area contributed by atoms with Gasteiger partial charge in [0.25, 0.3) is 0 Å². The first-order valence-electron chi connectivity index (χ1n) is 7.55. The van der Waals surface area contributed by atoms with Gasteiger partial charge in [0, 0.05) is 37.9 Å². The van der Waals surface area contributed by atoms with Crippen LogP contribution in [0.4, 0.5) is 5.69 Å². The zero-order chi connectivity index (χ0) is 14.7. The van der Waals surface area contributed by atoms with Gasteiger partial charge >= 0.3 is 0 Å². The molecule has 1 aliphatic rings. The number of nitrogen functional groups attached to an aromatic ring is 1. The van der Waals surface area contributed by atoms with Crippen LogP contribution in [-0.2, 0) is 6.54 Å². The van der Waals surface area contributed by atoms with Gasteiger partial charge in [0.1, 0.15) is 0 Å². The summed E-state index contributed by atoms with van der Waals surface area (Å²) in [7, 11) is 2.20. The van der Waals surface area contributed by atoms with E-state index in [1.165, 1.54) is 11.1 Å². The number of hydrogen-bond donors (Lipinski definition) is 1. The van der Waals surface area contributed by atoms with Crippen molar-refractivity contribution in [1.82, 2.24) is 9.80 Å². The lowest BCUT2D eigenvalue weighted by Crippen LogP contribution is -2.46. The molecule has 21 heavy (non-hydrogen) atoms. The quantitative estimate of drug-likeness (QED) is 0.878. The highest BCUT2D eigenvalue weighted by molar-refractivity contribution is 5.46. The Bertz CT molecular complexity index is 582. The predicted octanol–water partition coefficient (Wildman–Crippen LogP) is 2.76. The van der Waals surface area contributed by atoms with E-state index in [0.29, 0.717) is 6.04 Å². The second-order valence-electron chi connectivity index (χ2n) is 5.86. The molecule has 3 nitrogen and oxygen atoms in total. The van der Waals surface area contributed by atoms with E-state index < -0.39 is 0 Å². The van der Waals surface area contributed by atoms with Gasteiger partial charge in [0.05, 0.1) is 0 Å². The van der Waals surface area contributed by atoms with Crippen LogP contribution in [-0.4, -0.2) is 36.5 Å². The molecule has 3 heteroatoms. The molecule has 110 valence electrons. The minimum Gasteiger partial charge on any atom is -0.398 e. The lowest BCUT2D eigenvalue weighted by Gasteiger charge is -2.40. The highest BCUT2D eigenvalue weighted by Crippen LogP contribution is 2.27. The van der Waals surface area contributed by atoms with Crippen molar-refractivity contribution in [1.29, 1.82) is 0 Å². The average molecular weight is 281 g/mol. The van der Waals surface area contributed by atoms with E-state index >= 15 is 0 Å². The van der Waals surface area contributed by atoms with Gasteiger partial charge in [-0.25, -0.2) is 0 Å². The fourth-order valence-electron chi connectivity index (χ4n) is 3.03. The standard InChI is InChI=1S/C18H23N3/c1-20-11-12-21(13-16-9-5-6-10-17(16)19)18(14-20)15-7-3-2-4-8-15/h2-10,18H,11-14,19H2,1H3. The maximum Gasteiger partial charge on any atom is 0.0479 e. The van der Waals surface area contributed by atoms with E-state index in [9.17, 15) is 0 Å². The van der Waals surface area contributed by atoms with Crippen LogP contribution >= 0.6 is 0 Å². The van der Waals surface area contributed by atoms with Gasteiger partial charge < -0.3 is 10.6 Å². The van der Waals surface area contributed by atoms with Crippen LogP contribution in [0.15, 0.2) is 54.6 Å². The Morgan fingerprint density at radius 1 is 1.00 bits per heavy atom. The van der Waals surface area contributed by atoms with E-state index in [-0.39, 0.29) is 0 Å². The Morgan fingerprint density at radius 2 is 1.71 bits per heavy atom. The molecule has 0 saturated carbocycles. The maximum absolute atomic E-state index is 6.11. The third-order valence-electron chi connectivity index (χ3n) is 4.31. The second kappa shape index (κ2) is 6.29. The minimum absolute atomic E-state index is 0.435. The van der Waals surface area contributed by atoms with Gasteiger partial charge in [-0.1, -0.05) is 48.5 Å². The van der Waals surface area contributed by atoms with Crippen molar-refractivity contribution in [3.8, 4) is 0 Å². The third-order valence-corrected chi connectivity index (χ3v) is 4.31. The summed E-state index contributed by atoms with van der Waals surface area (Å²) in [5.41, 5.74) is 9.62. The zero-order valence-corrected chi connectivity index (χ0v) is 12.6. The van der Waals surface area contributed by atoms with Gasteiger partial charge in [0.2, 0.25) is 0 Å². The first-order valence-corrected chi connectivity index (χ1v) is 7.55. The summed E-state index contributed by atoms with van der Waals surface area (Å²) < 4.78 is 0. The summed E-state index contributed by atoms with van der Waals surface area (Å²) in [6, 6.07) is 19.4. The van der Waals surface area contributed by atoms with E-state index in [1.54, 1.807) is 0 Å². The fraction of sp³-hybridized carbons (Fsp3) is 0.333. The number of anilines is 1. The summed E-state index contributed by atoms with van der Waals surface area (Å²) in [4.78, 5) is 4.95. The summed E-state index contributed by atoms with van der Waals surface area (Å²) in [5, 5.41) is 0. The number of likely N-dealkylation sites (N-methyl/N-ethyl adjacent to an activating group) is 1. The number of nitrogens with two attached hydrogens (primary N) is 1. The molecule has 1 aliphatic heterocycles. The second-order valence-corrected chi connectivity index (χ2v) is 5.86. The Balaban J connectivity index is 1.83. The van der Waals surface area contributed by atoms with Crippen LogP contribution in [0.3, 0.4) is 0 Å². The van der Waals surface area contributed by atoms with Crippen LogP contribution in [0.2, 0.25) is 0 Å². The van der Waals surface area contributed by atoms with Crippen molar-refractivity contribution in [3.63, 3.8) is 0 Å². The first kappa shape index (κ1) is 14.1. The van der Waals surface area contributed by atoms with Crippen molar-refractivity contribution >= 4 is 5.69 Å². The van der Waals surface area contributed by atoms with E-state index in [0.717, 1.165) is 31.9 Å². The fourth-order valence-corrected chi connectivity index (χ4v) is 3.03. The maximum atomic E-state index is 6.11. The Morgan fingerprint density at radius 3 is 2.48 bits per heavy atom. The van der Waals surface area contributed by atoms with E-state index in [4.69, 9.17) is 5.73 Å². The van der Waals surface area contributed by atoms with Crippen LogP contribution in [0.1, 0.15) is 17.2 Å². The molecule has 1 atom stereocenters. The van der Waals surface area contributed by atoms with Gasteiger partial charge in [-0.3, -0.25) is 4.90 Å². The molecule has 2 N–H and O–H groups in total. The highest BCUT2D eigenvalue weighted by Gasteiger charge is 2.26. The molecular formula is C18H23N3. The monoisotopic (exact) mass is 281 g/mol. The SMILES string of the molecule is CN1CCN(Cc2ccccc2N)C(c2ccccc2)C1. The van der Waals surface area contributed by atoms with E-state index in [2.05, 4.69) is 59.3 Å². The van der Waals surface area contributed by atoms with E-state index in [1.807, 2.05) is 12.1 Å². The predicted molar refractivity (Wildman–Crippen MR) is 87.9 cm³/mol. The minimum atomic E-state index is 0.435. The number of rotatable bonds is 3. The Labute approximate surface area is 127 Å². The lowest BCUT2D eigenvalue weighted by molar-refractivity contribution is 0.0835. The summed E-state index contributed by atoms with van der Waals surface area (Å²) in [6.45, 7) is 4.16. The molecule has 0 bridgehead atoms. The Hall–Kier alpha value is -1.84. The molecule has 0 aromatic heterocycles. The van der Waals surface area contributed by atoms with Crippen LogP contribution in [0.5, 0.6) is 0 Å². The van der Waals surface area contributed by atoms with Crippen LogP contribution in [0, 0.1) is 0 Å². The summed E-state index contributed by atoms with van der Waals surface area (Å²) >= 11 is 0. The number of para-hydroxylation sites is 1. The summed E-state index contributed by atoms with van der Waals surface area (Å²) in [5.74, 6) is 0. The number of hydrogen-bond acceptors (Lipinski definition) is 3. The molecule has 2 aromatic carbocycles. The molecule has 0 spiro atoms. The normalized spacial score (nSPS) is 20.5. The molecular weight excluding hydrogens is 258 g/mol. The zero-order valence-electron chi connectivity index (χ0n) is 12.6. The van der Waals surface area contributed by atoms with Crippen LogP contribution in [0.25, 0.3) is 0 Å². The Kier molecular flexibility index (Phi) is 4.23. The van der Waals surface area contributed by atoms with Gasteiger partial charge in [-0.2, -0.15) is 0 Å². The lowest BCUT2D eigenvalue weighted by atomic mass is 10.0. The smallest absolute Gasteiger partial charge is 0.0479 e. The number of nitrogens with zero attached hydrogens (tertiary/aromatic N) is 2. The largest absolute Gasteiger partial charge is 0.398 e. The van der Waals surface area contributed by atoms with Crippen molar-refractivity contribution in [3.05, 3.63) is 65.7 Å². The van der Waals surface area contributed by atoms with Gasteiger partial charge in [-0.05, 0) is 24.2 Å². The highest BCUT2D eigenvalue weighted by atomic mass is 15.3. The molecule has 0 amide bonds. The van der Waals surface area contributed by atoms with Gasteiger partial charge in [-0.15, -0.1) is 0 Å². The van der Waals surface area contributed by atoms with Crippen molar-refractivity contribution in [2.75, 3.05) is 32.4 Å². The van der Waals surface area contributed by atoms with Crippen molar-refractivity contribution in [2.45, 2.75) is 12.6 Å². The number of benzene rings is 2. The number of piperazine rings is 1. The molecule has 3 rings (SSSR count). The van der Waals surface area contributed by atoms with Crippen molar-refractivity contribution in [2.24, 2.45) is 0 Å². The topological polar surface area (TPSA) is 32.5 Å². The molecule has 1 heterocycles. The average Bonchev–Trinajstić information content (AvgIpc) is 2.52. The first-order chi connectivity index (χ1) is 10.2. The van der Waals surface area contributed by atoms with Gasteiger partial charge in [0.15, 0.2) is 0 Å². The molecule has 1 unspecified atom stereocenters. The molecule has 0 radical (unpaired) electrons. The molecule has 2 aromatic rings. The molecule has 1 saturated heterocycles. The third kappa shape index (κ3) is 3.26. The summed E-state index contributed by atoms with van der Waals surface area (Å²) in [6.07, 6.45) is 0. The molecule has 1 fully saturated rings. The molecule has 0 aliphatic carbocycles. The van der Waals surface area contributed by atoms with Crippen molar-refractivity contribution < 1.29 is 0 Å².